The highest BCUT2D eigenvalue weighted by Gasteiger charge is 2.05. The van der Waals surface area contributed by atoms with Gasteiger partial charge in [-0.15, -0.1) is 0 Å². The quantitative estimate of drug-likeness (QED) is 0.101. The fourth-order valence-electron chi connectivity index (χ4n) is 5.50. The highest BCUT2D eigenvalue weighted by Crippen LogP contribution is 2.25. The molecule has 0 spiro atoms. The summed E-state index contributed by atoms with van der Waals surface area (Å²) >= 11 is 0. The molecule has 0 aliphatic rings. The lowest BCUT2D eigenvalue weighted by atomic mass is 10.0. The second-order valence-electron chi connectivity index (χ2n) is 11.5. The maximum atomic E-state index is 4.82. The van der Waals surface area contributed by atoms with Gasteiger partial charge < -0.3 is 0 Å². The summed E-state index contributed by atoms with van der Waals surface area (Å²) < 4.78 is 0. The van der Waals surface area contributed by atoms with E-state index < -0.39 is 0 Å². The molecular formula is C40H44N2. The van der Waals surface area contributed by atoms with Gasteiger partial charge in [-0.3, -0.25) is 9.97 Å². The molecule has 0 bridgehead atoms. The number of aromatic nitrogens is 2. The van der Waals surface area contributed by atoms with Gasteiger partial charge in [-0.05, 0) is 71.2 Å². The molecular weight excluding hydrogens is 508 g/mol. The molecule has 42 heavy (non-hydrogen) atoms. The van der Waals surface area contributed by atoms with E-state index in [0.717, 1.165) is 32.9 Å². The number of aryl methyl sites for hydroxylation is 2. The number of benzene rings is 3. The minimum atomic E-state index is 0.946. The van der Waals surface area contributed by atoms with Crippen molar-refractivity contribution < 1.29 is 0 Å². The van der Waals surface area contributed by atoms with E-state index in [1.54, 1.807) is 0 Å². The number of pyridine rings is 2. The first kappa shape index (κ1) is 29.5. The molecule has 0 aliphatic carbocycles. The van der Waals surface area contributed by atoms with Gasteiger partial charge in [-0.1, -0.05) is 137 Å². The number of rotatable bonds is 14. The van der Waals surface area contributed by atoms with Crippen LogP contribution in [0.25, 0.3) is 46.1 Å². The van der Waals surface area contributed by atoms with Gasteiger partial charge in [0, 0.05) is 23.2 Å². The lowest BCUT2D eigenvalue weighted by molar-refractivity contribution is 0.667. The van der Waals surface area contributed by atoms with Crippen LogP contribution in [0.5, 0.6) is 0 Å². The molecule has 2 heterocycles. The van der Waals surface area contributed by atoms with Gasteiger partial charge in [-0.2, -0.15) is 0 Å². The first-order valence-corrected chi connectivity index (χ1v) is 15.9. The van der Waals surface area contributed by atoms with E-state index in [4.69, 9.17) is 9.97 Å². The Bertz CT molecular complexity index is 1500. The average molecular weight is 553 g/mol. The normalized spacial score (nSPS) is 11.9. The summed E-state index contributed by atoms with van der Waals surface area (Å²) in [6.45, 7) is 4.52. The molecule has 214 valence electrons. The first-order chi connectivity index (χ1) is 20.7. The summed E-state index contributed by atoms with van der Waals surface area (Å²) in [6, 6.07) is 26.6. The van der Waals surface area contributed by atoms with Crippen molar-refractivity contribution in [2.75, 3.05) is 0 Å². The van der Waals surface area contributed by atoms with Crippen LogP contribution < -0.4 is 0 Å². The van der Waals surface area contributed by atoms with Crippen molar-refractivity contribution >= 4 is 46.1 Å². The predicted octanol–water partition coefficient (Wildman–Crippen LogP) is 11.4. The molecule has 0 fully saturated rings. The van der Waals surface area contributed by atoms with Crippen LogP contribution in [-0.2, 0) is 12.8 Å². The second-order valence-corrected chi connectivity index (χ2v) is 11.5. The Morgan fingerprint density at radius 1 is 0.452 bits per heavy atom. The van der Waals surface area contributed by atoms with E-state index in [9.17, 15) is 0 Å². The Morgan fingerprint density at radius 2 is 0.857 bits per heavy atom. The average Bonchev–Trinajstić information content (AvgIpc) is 3.04. The number of fused-ring (bicyclic) bond motifs is 3. The van der Waals surface area contributed by atoms with Crippen LogP contribution >= 0.6 is 0 Å². The van der Waals surface area contributed by atoms with Crippen LogP contribution in [0.2, 0.25) is 0 Å². The first-order valence-electron chi connectivity index (χ1n) is 15.9. The number of unbranched alkanes of at least 4 members (excludes halogenated alkanes) is 6. The van der Waals surface area contributed by atoms with Crippen molar-refractivity contribution in [2.45, 2.75) is 78.1 Å². The van der Waals surface area contributed by atoms with Gasteiger partial charge in [0.15, 0.2) is 0 Å². The monoisotopic (exact) mass is 552 g/mol. The van der Waals surface area contributed by atoms with Gasteiger partial charge in [0.1, 0.15) is 0 Å². The number of hydrogen-bond acceptors (Lipinski definition) is 2. The van der Waals surface area contributed by atoms with Crippen molar-refractivity contribution in [3.63, 3.8) is 0 Å². The van der Waals surface area contributed by atoms with E-state index in [1.165, 1.54) is 86.5 Å². The van der Waals surface area contributed by atoms with E-state index in [-0.39, 0.29) is 0 Å². The Hall–Kier alpha value is -4.04. The lowest BCUT2D eigenvalue weighted by Crippen LogP contribution is -1.88. The molecule has 2 aromatic heterocycles. The molecule has 0 unspecified atom stereocenters. The molecule has 5 rings (SSSR count). The molecule has 0 N–H and O–H groups in total. The molecule has 0 radical (unpaired) electrons. The summed E-state index contributed by atoms with van der Waals surface area (Å²) in [7, 11) is 0. The van der Waals surface area contributed by atoms with Crippen LogP contribution in [0.4, 0.5) is 0 Å². The zero-order valence-corrected chi connectivity index (χ0v) is 25.4. The van der Waals surface area contributed by atoms with E-state index in [2.05, 4.69) is 111 Å². The SMILES string of the molecule is CCCCCCc1ccc(/C=C/c2cnc3c(ccc4cc(/C=C/c5ccc(CCCCCC)cc5)cnc43)c2)cc1. The molecule has 0 amide bonds. The molecule has 0 saturated heterocycles. The fraction of sp³-hybridized carbons (Fsp3) is 0.300. The topological polar surface area (TPSA) is 25.8 Å². The number of hydrogen-bond donors (Lipinski definition) is 0. The van der Waals surface area contributed by atoms with Crippen LogP contribution in [-0.4, -0.2) is 9.97 Å². The van der Waals surface area contributed by atoms with Crippen LogP contribution in [0.1, 0.15) is 98.6 Å². The third kappa shape index (κ3) is 8.26. The van der Waals surface area contributed by atoms with Gasteiger partial charge in [0.2, 0.25) is 0 Å². The third-order valence-corrected chi connectivity index (χ3v) is 8.08. The molecule has 0 saturated carbocycles. The Balaban J connectivity index is 1.22. The summed E-state index contributed by atoms with van der Waals surface area (Å²) in [5.74, 6) is 0. The summed E-state index contributed by atoms with van der Waals surface area (Å²) in [5, 5.41) is 2.22. The Kier molecular flexibility index (Phi) is 10.7. The molecule has 0 atom stereocenters. The predicted molar refractivity (Wildman–Crippen MR) is 183 cm³/mol. The van der Waals surface area contributed by atoms with E-state index in [1.807, 2.05) is 12.4 Å². The highest BCUT2D eigenvalue weighted by atomic mass is 14.7. The minimum absolute atomic E-state index is 0.946. The van der Waals surface area contributed by atoms with Crippen molar-refractivity contribution in [1.29, 1.82) is 0 Å². The van der Waals surface area contributed by atoms with Crippen molar-refractivity contribution in [3.8, 4) is 0 Å². The highest BCUT2D eigenvalue weighted by molar-refractivity contribution is 6.03. The minimum Gasteiger partial charge on any atom is -0.253 e. The lowest BCUT2D eigenvalue weighted by Gasteiger charge is -2.05. The Morgan fingerprint density at radius 3 is 1.26 bits per heavy atom. The molecule has 0 aliphatic heterocycles. The zero-order chi connectivity index (χ0) is 29.0. The largest absolute Gasteiger partial charge is 0.253 e. The van der Waals surface area contributed by atoms with E-state index in [0.29, 0.717) is 0 Å². The van der Waals surface area contributed by atoms with Gasteiger partial charge in [0.05, 0.1) is 11.0 Å². The zero-order valence-electron chi connectivity index (χ0n) is 25.4. The van der Waals surface area contributed by atoms with Gasteiger partial charge in [-0.25, -0.2) is 0 Å². The van der Waals surface area contributed by atoms with Crippen LogP contribution in [0, 0.1) is 0 Å². The summed E-state index contributed by atoms with van der Waals surface area (Å²) in [4.78, 5) is 9.63. The number of nitrogens with zero attached hydrogens (tertiary/aromatic N) is 2. The maximum Gasteiger partial charge on any atom is 0.0964 e. The smallest absolute Gasteiger partial charge is 0.0964 e. The Labute approximate surface area is 252 Å². The molecule has 2 heteroatoms. The van der Waals surface area contributed by atoms with Crippen molar-refractivity contribution in [2.24, 2.45) is 0 Å². The molecule has 5 aromatic rings. The van der Waals surface area contributed by atoms with Crippen LogP contribution in [0.3, 0.4) is 0 Å². The van der Waals surface area contributed by atoms with Gasteiger partial charge >= 0.3 is 0 Å². The third-order valence-electron chi connectivity index (χ3n) is 8.08. The summed E-state index contributed by atoms with van der Waals surface area (Å²) in [6.07, 6.45) is 25.3. The fourth-order valence-corrected chi connectivity index (χ4v) is 5.50. The van der Waals surface area contributed by atoms with Crippen molar-refractivity contribution in [1.82, 2.24) is 9.97 Å². The molecule has 3 aromatic carbocycles. The molecule has 2 nitrogen and oxygen atoms in total. The standard InChI is InChI=1S/C40H44N2/c1-3-5-7-9-11-31-13-17-33(18-14-31)21-23-35-27-37-25-26-38-28-36(30-42-40(38)39(37)41-29-35)24-22-34-19-15-32(16-20-34)12-10-8-6-4-2/h13-30H,3-12H2,1-2H3/b23-21+,24-22+. The second kappa shape index (κ2) is 15.3. The van der Waals surface area contributed by atoms with Gasteiger partial charge in [0.25, 0.3) is 0 Å². The van der Waals surface area contributed by atoms with E-state index >= 15 is 0 Å². The van der Waals surface area contributed by atoms with Crippen molar-refractivity contribution in [3.05, 3.63) is 119 Å². The van der Waals surface area contributed by atoms with Crippen LogP contribution in [0.15, 0.2) is 85.2 Å². The summed E-state index contributed by atoms with van der Waals surface area (Å²) in [5.41, 5.74) is 9.36. The maximum absolute atomic E-state index is 4.82.